The van der Waals surface area contributed by atoms with E-state index in [-0.39, 0.29) is 18.1 Å². The Bertz CT molecular complexity index is 309. The summed E-state index contributed by atoms with van der Waals surface area (Å²) in [6.07, 6.45) is 0.0247. The maximum atomic E-state index is 11.9. The molecule has 1 heterocycles. The minimum atomic E-state index is -9.50. The molecule has 0 aromatic carbocycles. The third-order valence-electron chi connectivity index (χ3n) is 1.15. The van der Waals surface area contributed by atoms with Gasteiger partial charge in [0.2, 0.25) is 0 Å². The van der Waals surface area contributed by atoms with E-state index in [1.54, 1.807) is 0 Å². The third-order valence-corrected chi connectivity index (χ3v) is 2.26. The van der Waals surface area contributed by atoms with Crippen LogP contribution in [0.25, 0.3) is 0 Å². The van der Waals surface area contributed by atoms with E-state index in [1.165, 1.54) is 0 Å². The molecule has 0 bridgehead atoms. The van der Waals surface area contributed by atoms with Crippen LogP contribution in [-0.2, 0) is 0 Å². The molecule has 0 amide bonds. The first-order valence-electron chi connectivity index (χ1n) is 2.78. The van der Waals surface area contributed by atoms with Gasteiger partial charge in [0.15, 0.2) is 0 Å². The Morgan fingerprint density at radius 1 is 1.17 bits per heavy atom. The second-order valence-electron chi connectivity index (χ2n) is 2.36. The summed E-state index contributed by atoms with van der Waals surface area (Å²) in [7, 11) is -9.50. The average Bonchev–Trinajstić information content (AvgIpc) is 2.07. The predicted octanol–water partition coefficient (Wildman–Crippen LogP) is 4.25. The van der Waals surface area contributed by atoms with Crippen molar-refractivity contribution in [2.24, 2.45) is 0 Å². The van der Waals surface area contributed by atoms with Crippen LogP contribution in [0.15, 0.2) is 21.6 Å². The van der Waals surface area contributed by atoms with Crippen LogP contribution in [-0.4, -0.2) is 0 Å². The standard InChI is InChI=1S/C5H5F5OS/c1-4-2-5(3-11-4)12(6,7,8,9)10/h2-3H,1H3. The maximum Gasteiger partial charge on any atom is 0.313 e. The molecule has 72 valence electrons. The summed E-state index contributed by atoms with van der Waals surface area (Å²) < 4.78 is 63.7. The van der Waals surface area contributed by atoms with Gasteiger partial charge in [0.1, 0.15) is 16.9 Å². The van der Waals surface area contributed by atoms with Crippen LogP contribution in [0.4, 0.5) is 19.4 Å². The number of furan rings is 1. The van der Waals surface area contributed by atoms with Crippen LogP contribution >= 0.6 is 10.2 Å². The SMILES string of the molecule is Cc1cc(S(F)(F)(F)(F)F)co1. The molecule has 0 aliphatic rings. The minimum Gasteiger partial charge on any atom is -0.468 e. The Balaban J connectivity index is 3.34. The van der Waals surface area contributed by atoms with E-state index in [1.807, 2.05) is 0 Å². The molecular weight excluding hydrogens is 203 g/mol. The number of hydrogen-bond acceptors (Lipinski definition) is 1. The average molecular weight is 208 g/mol. The fourth-order valence-electron chi connectivity index (χ4n) is 0.622. The topological polar surface area (TPSA) is 13.1 Å². The molecule has 0 aliphatic carbocycles. The van der Waals surface area contributed by atoms with Gasteiger partial charge in [-0.15, -0.1) is 0 Å². The molecule has 0 aliphatic heterocycles. The van der Waals surface area contributed by atoms with Crippen LogP contribution in [0.5, 0.6) is 0 Å². The predicted molar refractivity (Wildman–Crippen MR) is 34.8 cm³/mol. The molecule has 1 aromatic heterocycles. The van der Waals surface area contributed by atoms with Crippen LogP contribution in [0, 0.1) is 6.92 Å². The van der Waals surface area contributed by atoms with E-state index >= 15 is 0 Å². The highest BCUT2D eigenvalue weighted by Gasteiger charge is 2.66. The number of hydrogen-bond donors (Lipinski definition) is 0. The van der Waals surface area contributed by atoms with Crippen LogP contribution < -0.4 is 0 Å². The van der Waals surface area contributed by atoms with Gasteiger partial charge >= 0.3 is 10.2 Å². The normalized spacial score (nSPS) is 18.5. The van der Waals surface area contributed by atoms with Gasteiger partial charge in [-0.2, -0.15) is 0 Å². The molecule has 0 N–H and O–H groups in total. The van der Waals surface area contributed by atoms with E-state index in [0.29, 0.717) is 0 Å². The molecule has 0 fully saturated rings. The summed E-state index contributed by atoms with van der Waals surface area (Å²) >= 11 is 0. The van der Waals surface area contributed by atoms with E-state index in [2.05, 4.69) is 4.42 Å². The zero-order valence-electron chi connectivity index (χ0n) is 5.86. The summed E-state index contributed by atoms with van der Waals surface area (Å²) in [5.41, 5.74) is 0. The Morgan fingerprint density at radius 3 is 1.83 bits per heavy atom. The van der Waals surface area contributed by atoms with Crippen molar-refractivity contribution in [3.8, 4) is 0 Å². The minimum absolute atomic E-state index is 0.0247. The van der Waals surface area contributed by atoms with Crippen LogP contribution in [0.3, 0.4) is 0 Å². The molecule has 0 saturated carbocycles. The smallest absolute Gasteiger partial charge is 0.313 e. The Labute approximate surface area is 64.9 Å². The first kappa shape index (κ1) is 9.37. The van der Waals surface area contributed by atoms with Crippen molar-refractivity contribution in [2.45, 2.75) is 11.8 Å². The number of halogens is 5. The fraction of sp³-hybridized carbons (Fsp3) is 0.200. The molecule has 7 heteroatoms. The molecule has 0 unspecified atom stereocenters. The van der Waals surface area contributed by atoms with Gasteiger partial charge in [0, 0.05) is 6.07 Å². The summed E-state index contributed by atoms with van der Waals surface area (Å²) in [5, 5.41) is 0. The molecule has 1 rings (SSSR count). The quantitative estimate of drug-likeness (QED) is 0.629. The van der Waals surface area contributed by atoms with Crippen molar-refractivity contribution >= 4 is 10.2 Å². The lowest BCUT2D eigenvalue weighted by Gasteiger charge is -2.38. The van der Waals surface area contributed by atoms with Gasteiger partial charge in [-0.05, 0) is 6.92 Å². The van der Waals surface area contributed by atoms with E-state index in [0.717, 1.165) is 6.92 Å². The number of aryl methyl sites for hydroxylation is 1. The fourth-order valence-corrected chi connectivity index (χ4v) is 1.24. The molecule has 0 saturated heterocycles. The highest BCUT2D eigenvalue weighted by atomic mass is 32.5. The van der Waals surface area contributed by atoms with Gasteiger partial charge in [-0.3, -0.25) is 0 Å². The van der Waals surface area contributed by atoms with Crippen molar-refractivity contribution in [1.29, 1.82) is 0 Å². The lowest BCUT2D eigenvalue weighted by Crippen LogP contribution is -2.03. The first-order valence-corrected chi connectivity index (χ1v) is 4.73. The molecule has 12 heavy (non-hydrogen) atoms. The maximum absolute atomic E-state index is 11.9. The zero-order chi connectivity index (χ0) is 9.68. The highest BCUT2D eigenvalue weighted by Crippen LogP contribution is 3.02. The lowest BCUT2D eigenvalue weighted by atomic mass is 10.5. The molecule has 1 nitrogen and oxygen atoms in total. The largest absolute Gasteiger partial charge is 0.468 e. The van der Waals surface area contributed by atoms with Crippen molar-refractivity contribution in [2.75, 3.05) is 0 Å². The van der Waals surface area contributed by atoms with Crippen molar-refractivity contribution in [1.82, 2.24) is 0 Å². The Hall–Kier alpha value is -0.720. The monoisotopic (exact) mass is 208 g/mol. The van der Waals surface area contributed by atoms with Gasteiger partial charge in [0.25, 0.3) is 0 Å². The van der Waals surface area contributed by atoms with E-state index < -0.39 is 15.1 Å². The summed E-state index contributed by atoms with van der Waals surface area (Å²) in [5.74, 6) is -0.196. The second kappa shape index (κ2) is 1.63. The highest BCUT2D eigenvalue weighted by molar-refractivity contribution is 8.45. The summed E-state index contributed by atoms with van der Waals surface area (Å²) in [4.78, 5) is -1.98. The second-order valence-corrected chi connectivity index (χ2v) is 4.77. The molecule has 0 radical (unpaired) electrons. The van der Waals surface area contributed by atoms with Gasteiger partial charge in [0.05, 0.1) is 0 Å². The molecular formula is C5H5F5OS. The molecule has 0 atom stereocenters. The van der Waals surface area contributed by atoms with Crippen LogP contribution in [0.2, 0.25) is 0 Å². The first-order chi connectivity index (χ1) is 4.99. The van der Waals surface area contributed by atoms with E-state index in [9.17, 15) is 19.4 Å². The lowest BCUT2D eigenvalue weighted by molar-refractivity contribution is 0.362. The number of rotatable bonds is 1. The summed E-state index contributed by atoms with van der Waals surface area (Å²) in [6.45, 7) is 1.16. The molecule has 1 aromatic rings. The molecule has 0 spiro atoms. The van der Waals surface area contributed by atoms with E-state index in [4.69, 9.17) is 0 Å². The van der Waals surface area contributed by atoms with Crippen molar-refractivity contribution in [3.05, 3.63) is 18.1 Å². The van der Waals surface area contributed by atoms with Gasteiger partial charge in [-0.1, -0.05) is 19.4 Å². The third kappa shape index (κ3) is 1.90. The zero-order valence-corrected chi connectivity index (χ0v) is 6.68. The Morgan fingerprint density at radius 2 is 1.67 bits per heavy atom. The Kier molecular flexibility index (Phi) is 1.28. The van der Waals surface area contributed by atoms with Gasteiger partial charge < -0.3 is 4.42 Å². The summed E-state index contributed by atoms with van der Waals surface area (Å²) in [6, 6.07) is 0.279. The van der Waals surface area contributed by atoms with Crippen molar-refractivity contribution in [3.63, 3.8) is 0 Å². The van der Waals surface area contributed by atoms with Crippen LogP contribution in [0.1, 0.15) is 5.76 Å². The van der Waals surface area contributed by atoms with Crippen molar-refractivity contribution < 1.29 is 23.8 Å². The van der Waals surface area contributed by atoms with Gasteiger partial charge in [-0.25, -0.2) is 0 Å².